The quantitative estimate of drug-likeness (QED) is 0.711. The van der Waals surface area contributed by atoms with Gasteiger partial charge in [-0.25, -0.2) is 4.79 Å². The van der Waals surface area contributed by atoms with Crippen molar-refractivity contribution in [2.75, 3.05) is 19.0 Å². The van der Waals surface area contributed by atoms with Crippen molar-refractivity contribution in [3.63, 3.8) is 0 Å². The second kappa shape index (κ2) is 8.57. The number of aromatic hydroxyl groups is 1. The standard InChI is InChI=1S/C18H20N2O4/c1-24-17(22)14(11-13-7-9-16(21)10-8-13)12-19-18(23)20-15-5-3-2-4-6-15/h2-10,14,21H,11-12H2,1H3,(H2,19,20,23)/t14-/m0/s1. The number of amides is 2. The minimum absolute atomic E-state index is 0.145. The van der Waals surface area contributed by atoms with Crippen molar-refractivity contribution in [3.8, 4) is 5.75 Å². The second-order valence-electron chi connectivity index (χ2n) is 5.29. The Morgan fingerprint density at radius 1 is 1.08 bits per heavy atom. The van der Waals surface area contributed by atoms with Crippen LogP contribution in [0.4, 0.5) is 10.5 Å². The highest BCUT2D eigenvalue weighted by Crippen LogP contribution is 2.14. The average molecular weight is 328 g/mol. The summed E-state index contributed by atoms with van der Waals surface area (Å²) in [5.74, 6) is -0.752. The second-order valence-corrected chi connectivity index (χ2v) is 5.29. The Morgan fingerprint density at radius 3 is 2.38 bits per heavy atom. The van der Waals surface area contributed by atoms with E-state index in [4.69, 9.17) is 4.74 Å². The van der Waals surface area contributed by atoms with Crippen LogP contribution in [0.25, 0.3) is 0 Å². The van der Waals surface area contributed by atoms with E-state index in [-0.39, 0.29) is 18.3 Å². The molecule has 0 unspecified atom stereocenters. The first-order valence-electron chi connectivity index (χ1n) is 7.54. The molecule has 0 saturated heterocycles. The molecule has 0 heterocycles. The number of esters is 1. The fourth-order valence-corrected chi connectivity index (χ4v) is 2.23. The van der Waals surface area contributed by atoms with Gasteiger partial charge in [0.05, 0.1) is 13.0 Å². The number of hydrogen-bond acceptors (Lipinski definition) is 4. The van der Waals surface area contributed by atoms with Crippen molar-refractivity contribution in [1.82, 2.24) is 5.32 Å². The summed E-state index contributed by atoms with van der Waals surface area (Å²) in [6.07, 6.45) is 0.401. The van der Waals surface area contributed by atoms with Crippen molar-refractivity contribution in [1.29, 1.82) is 0 Å². The lowest BCUT2D eigenvalue weighted by molar-refractivity contribution is -0.145. The lowest BCUT2D eigenvalue weighted by atomic mass is 9.99. The number of urea groups is 1. The smallest absolute Gasteiger partial charge is 0.319 e. The van der Waals surface area contributed by atoms with Crippen LogP contribution in [0, 0.1) is 5.92 Å². The zero-order valence-corrected chi connectivity index (χ0v) is 13.4. The van der Waals surface area contributed by atoms with Crippen LogP contribution in [0.3, 0.4) is 0 Å². The van der Waals surface area contributed by atoms with Gasteiger partial charge in [-0.1, -0.05) is 30.3 Å². The summed E-state index contributed by atoms with van der Waals surface area (Å²) < 4.78 is 4.80. The van der Waals surface area contributed by atoms with Gasteiger partial charge in [0.25, 0.3) is 0 Å². The molecule has 0 aliphatic carbocycles. The van der Waals surface area contributed by atoms with Gasteiger partial charge in [0.15, 0.2) is 0 Å². The summed E-state index contributed by atoms with van der Waals surface area (Å²) in [5, 5.41) is 14.7. The summed E-state index contributed by atoms with van der Waals surface area (Å²) in [6, 6.07) is 15.2. The highest BCUT2D eigenvalue weighted by molar-refractivity contribution is 5.89. The van der Waals surface area contributed by atoms with Gasteiger partial charge in [-0.2, -0.15) is 0 Å². The molecule has 0 aliphatic rings. The predicted octanol–water partition coefficient (Wildman–Crippen LogP) is 2.55. The highest BCUT2D eigenvalue weighted by Gasteiger charge is 2.20. The van der Waals surface area contributed by atoms with Crippen molar-refractivity contribution < 1.29 is 19.4 Å². The van der Waals surface area contributed by atoms with Crippen LogP contribution < -0.4 is 10.6 Å². The molecule has 126 valence electrons. The topological polar surface area (TPSA) is 87.7 Å². The largest absolute Gasteiger partial charge is 0.508 e. The molecule has 24 heavy (non-hydrogen) atoms. The number of rotatable bonds is 6. The van der Waals surface area contributed by atoms with Crippen molar-refractivity contribution in [3.05, 3.63) is 60.2 Å². The summed E-state index contributed by atoms with van der Waals surface area (Å²) >= 11 is 0. The summed E-state index contributed by atoms with van der Waals surface area (Å²) in [6.45, 7) is 0.145. The summed E-state index contributed by atoms with van der Waals surface area (Å²) in [7, 11) is 1.32. The maximum atomic E-state index is 11.9. The zero-order valence-electron chi connectivity index (χ0n) is 13.4. The van der Waals surface area contributed by atoms with Gasteiger partial charge in [-0.3, -0.25) is 4.79 Å². The third-order valence-electron chi connectivity index (χ3n) is 3.49. The van der Waals surface area contributed by atoms with E-state index >= 15 is 0 Å². The van der Waals surface area contributed by atoms with Gasteiger partial charge in [-0.15, -0.1) is 0 Å². The van der Waals surface area contributed by atoms with Gasteiger partial charge in [0.2, 0.25) is 0 Å². The number of para-hydroxylation sites is 1. The molecule has 2 aromatic carbocycles. The summed E-state index contributed by atoms with van der Waals surface area (Å²) in [5.41, 5.74) is 1.54. The van der Waals surface area contributed by atoms with Gasteiger partial charge in [-0.05, 0) is 36.2 Å². The number of phenols is 1. The van der Waals surface area contributed by atoms with E-state index in [2.05, 4.69) is 10.6 Å². The van der Waals surface area contributed by atoms with Crippen LogP contribution in [0.1, 0.15) is 5.56 Å². The van der Waals surface area contributed by atoms with Crippen LogP contribution >= 0.6 is 0 Å². The van der Waals surface area contributed by atoms with Crippen molar-refractivity contribution in [2.45, 2.75) is 6.42 Å². The normalized spacial score (nSPS) is 11.4. The van der Waals surface area contributed by atoms with Crippen molar-refractivity contribution >= 4 is 17.7 Å². The average Bonchev–Trinajstić information content (AvgIpc) is 2.60. The molecule has 0 aliphatic heterocycles. The molecule has 2 aromatic rings. The Morgan fingerprint density at radius 2 is 1.75 bits per heavy atom. The maximum Gasteiger partial charge on any atom is 0.319 e. The number of ether oxygens (including phenoxy) is 1. The molecule has 0 fully saturated rings. The lowest BCUT2D eigenvalue weighted by Crippen LogP contribution is -2.37. The number of phenolic OH excluding ortho intramolecular Hbond substituents is 1. The molecule has 6 heteroatoms. The molecule has 3 N–H and O–H groups in total. The Bertz CT molecular complexity index is 671. The van der Waals surface area contributed by atoms with Gasteiger partial charge < -0.3 is 20.5 Å². The minimum Gasteiger partial charge on any atom is -0.508 e. The molecule has 2 rings (SSSR count). The molecule has 0 aromatic heterocycles. The lowest BCUT2D eigenvalue weighted by Gasteiger charge is -2.16. The van der Waals surface area contributed by atoms with Gasteiger partial charge in [0.1, 0.15) is 5.75 Å². The Labute approximate surface area is 140 Å². The number of nitrogens with one attached hydrogen (secondary N) is 2. The van der Waals surface area contributed by atoms with E-state index in [1.165, 1.54) is 7.11 Å². The SMILES string of the molecule is COC(=O)[C@H](CNC(=O)Nc1ccccc1)Cc1ccc(O)cc1. The number of carbonyl (C=O) groups is 2. The van der Waals surface area contributed by atoms with Crippen LogP contribution in [0.15, 0.2) is 54.6 Å². The van der Waals surface area contributed by atoms with Gasteiger partial charge >= 0.3 is 12.0 Å². The number of benzene rings is 2. The van der Waals surface area contributed by atoms with Crippen LogP contribution in [-0.2, 0) is 16.0 Å². The number of hydrogen-bond donors (Lipinski definition) is 3. The first kappa shape index (κ1) is 17.3. The minimum atomic E-state index is -0.513. The van der Waals surface area contributed by atoms with E-state index < -0.39 is 11.9 Å². The Kier molecular flexibility index (Phi) is 6.19. The Balaban J connectivity index is 1.92. The first-order valence-corrected chi connectivity index (χ1v) is 7.54. The Hall–Kier alpha value is -3.02. The molecule has 0 spiro atoms. The van der Waals surface area contributed by atoms with E-state index in [0.29, 0.717) is 12.1 Å². The molecular weight excluding hydrogens is 308 g/mol. The third-order valence-corrected chi connectivity index (χ3v) is 3.49. The maximum absolute atomic E-state index is 11.9. The number of methoxy groups -OCH3 is 1. The van der Waals surface area contributed by atoms with E-state index in [9.17, 15) is 14.7 Å². The van der Waals surface area contributed by atoms with Crippen LogP contribution in [0.2, 0.25) is 0 Å². The number of carbonyl (C=O) groups excluding carboxylic acids is 2. The molecule has 0 radical (unpaired) electrons. The number of anilines is 1. The van der Waals surface area contributed by atoms with Crippen LogP contribution in [0.5, 0.6) is 5.75 Å². The highest BCUT2D eigenvalue weighted by atomic mass is 16.5. The van der Waals surface area contributed by atoms with E-state index in [1.807, 2.05) is 18.2 Å². The molecular formula is C18H20N2O4. The third kappa shape index (κ3) is 5.31. The van der Waals surface area contributed by atoms with E-state index in [0.717, 1.165) is 5.56 Å². The monoisotopic (exact) mass is 328 g/mol. The molecule has 0 saturated carbocycles. The summed E-state index contributed by atoms with van der Waals surface area (Å²) in [4.78, 5) is 23.8. The first-order chi connectivity index (χ1) is 11.6. The van der Waals surface area contributed by atoms with E-state index in [1.54, 1.807) is 36.4 Å². The van der Waals surface area contributed by atoms with Crippen molar-refractivity contribution in [2.24, 2.45) is 5.92 Å². The molecule has 0 bridgehead atoms. The predicted molar refractivity (Wildman–Crippen MR) is 90.8 cm³/mol. The van der Waals surface area contributed by atoms with Crippen LogP contribution in [-0.4, -0.2) is 30.8 Å². The fraction of sp³-hybridized carbons (Fsp3) is 0.222. The molecule has 1 atom stereocenters. The molecule has 2 amide bonds. The fourth-order valence-electron chi connectivity index (χ4n) is 2.23. The van der Waals surface area contributed by atoms with Gasteiger partial charge in [0, 0.05) is 12.2 Å². The molecule has 6 nitrogen and oxygen atoms in total. The zero-order chi connectivity index (χ0) is 17.4.